The number of rotatable bonds is 4. The Morgan fingerprint density at radius 2 is 2.21 bits per heavy atom. The third-order valence-electron chi connectivity index (χ3n) is 2.05. The van der Waals surface area contributed by atoms with Crippen LogP contribution in [0.25, 0.3) is 0 Å². The number of hydrogen-bond donors (Lipinski definition) is 1. The van der Waals surface area contributed by atoms with Crippen molar-refractivity contribution < 1.29 is 4.79 Å². The van der Waals surface area contributed by atoms with Crippen molar-refractivity contribution in [3.8, 4) is 0 Å². The van der Waals surface area contributed by atoms with Crippen molar-refractivity contribution in [2.24, 2.45) is 5.73 Å². The minimum absolute atomic E-state index is 0.202. The molecule has 0 saturated heterocycles. The second kappa shape index (κ2) is 4.24. The Morgan fingerprint density at radius 1 is 1.57 bits per heavy atom. The Bertz CT molecular complexity index is 322. The summed E-state index contributed by atoms with van der Waals surface area (Å²) in [6.07, 6.45) is 1.28. The van der Waals surface area contributed by atoms with Crippen LogP contribution in [-0.4, -0.2) is 11.3 Å². The highest BCUT2D eigenvalue weighted by Crippen LogP contribution is 2.17. The van der Waals surface area contributed by atoms with E-state index in [1.54, 1.807) is 11.3 Å². The molecule has 1 heterocycles. The van der Waals surface area contributed by atoms with Gasteiger partial charge in [-0.25, -0.2) is 0 Å². The smallest absolute Gasteiger partial charge is 0.163 e. The number of hydrogen-bond acceptors (Lipinski definition) is 3. The molecule has 0 saturated carbocycles. The Balaban J connectivity index is 2.52. The number of thiophene rings is 1. The van der Waals surface area contributed by atoms with Crippen LogP contribution in [-0.2, 0) is 0 Å². The maximum absolute atomic E-state index is 11.7. The lowest BCUT2D eigenvalue weighted by Gasteiger charge is -2.16. The summed E-state index contributed by atoms with van der Waals surface area (Å²) in [6.45, 7) is 5.90. The molecule has 14 heavy (non-hydrogen) atoms. The number of nitrogens with two attached hydrogens (primary N) is 1. The van der Waals surface area contributed by atoms with Gasteiger partial charge in [0.2, 0.25) is 0 Å². The first-order valence-electron chi connectivity index (χ1n) is 4.76. The summed E-state index contributed by atoms with van der Waals surface area (Å²) >= 11 is 1.61. The molecule has 3 heteroatoms. The first-order chi connectivity index (χ1) is 6.38. The molecule has 0 aliphatic rings. The van der Waals surface area contributed by atoms with Gasteiger partial charge in [0.25, 0.3) is 0 Å². The lowest BCUT2D eigenvalue weighted by molar-refractivity contribution is 0.0973. The average Bonchev–Trinajstić information content (AvgIpc) is 2.46. The largest absolute Gasteiger partial charge is 0.326 e. The van der Waals surface area contributed by atoms with E-state index in [-0.39, 0.29) is 11.3 Å². The third-order valence-corrected chi connectivity index (χ3v) is 2.91. The van der Waals surface area contributed by atoms with Crippen LogP contribution in [0.3, 0.4) is 0 Å². The zero-order valence-corrected chi connectivity index (χ0v) is 9.78. The van der Waals surface area contributed by atoms with Crippen LogP contribution in [0.4, 0.5) is 0 Å². The number of carbonyl (C=O) groups is 1. The Morgan fingerprint density at radius 3 is 2.64 bits per heavy atom. The predicted molar refractivity (Wildman–Crippen MR) is 60.9 cm³/mol. The molecule has 0 aliphatic heterocycles. The maximum atomic E-state index is 11.7. The molecule has 1 rings (SSSR count). The molecular formula is C11H17NOS. The monoisotopic (exact) mass is 211 g/mol. The molecule has 0 bridgehead atoms. The first-order valence-corrected chi connectivity index (χ1v) is 5.64. The van der Waals surface area contributed by atoms with Crippen LogP contribution in [0.15, 0.2) is 11.4 Å². The summed E-state index contributed by atoms with van der Waals surface area (Å²) < 4.78 is 0. The van der Waals surface area contributed by atoms with Crippen LogP contribution in [0.1, 0.15) is 41.9 Å². The standard InChI is InChI=1S/C11H17NOS/c1-8-6-9(7-14-8)10(13)4-5-11(2,3)12/h6-7H,4-5,12H2,1-3H3. The summed E-state index contributed by atoms with van der Waals surface area (Å²) in [5.41, 5.74) is 6.40. The SMILES string of the molecule is Cc1cc(C(=O)CCC(C)(C)N)cs1. The maximum Gasteiger partial charge on any atom is 0.163 e. The van der Waals surface area contributed by atoms with Gasteiger partial charge in [0.15, 0.2) is 5.78 Å². The van der Waals surface area contributed by atoms with Crippen LogP contribution in [0, 0.1) is 6.92 Å². The van der Waals surface area contributed by atoms with E-state index in [4.69, 9.17) is 5.73 Å². The molecule has 0 atom stereocenters. The topological polar surface area (TPSA) is 43.1 Å². The van der Waals surface area contributed by atoms with E-state index in [2.05, 4.69) is 0 Å². The quantitative estimate of drug-likeness (QED) is 0.778. The van der Waals surface area contributed by atoms with Crippen molar-refractivity contribution in [2.75, 3.05) is 0 Å². The Labute approximate surface area is 89.1 Å². The lowest BCUT2D eigenvalue weighted by Crippen LogP contribution is -2.32. The summed E-state index contributed by atoms with van der Waals surface area (Å²) in [4.78, 5) is 12.8. The van der Waals surface area contributed by atoms with Gasteiger partial charge in [-0.2, -0.15) is 0 Å². The zero-order valence-electron chi connectivity index (χ0n) is 8.96. The van der Waals surface area contributed by atoms with E-state index in [0.29, 0.717) is 6.42 Å². The van der Waals surface area contributed by atoms with Crippen molar-refractivity contribution in [2.45, 2.75) is 39.2 Å². The lowest BCUT2D eigenvalue weighted by atomic mass is 9.97. The van der Waals surface area contributed by atoms with Gasteiger partial charge in [-0.3, -0.25) is 4.79 Å². The highest BCUT2D eigenvalue weighted by Gasteiger charge is 2.14. The molecule has 1 aromatic heterocycles. The van der Waals surface area contributed by atoms with E-state index in [1.165, 1.54) is 4.88 Å². The third kappa shape index (κ3) is 3.60. The van der Waals surface area contributed by atoms with Crippen LogP contribution in [0.5, 0.6) is 0 Å². The van der Waals surface area contributed by atoms with Crippen molar-refractivity contribution >= 4 is 17.1 Å². The molecule has 0 radical (unpaired) electrons. The Kier molecular flexibility index (Phi) is 3.45. The van der Waals surface area contributed by atoms with Crippen LogP contribution in [0.2, 0.25) is 0 Å². The normalized spacial score (nSPS) is 11.7. The van der Waals surface area contributed by atoms with Crippen LogP contribution < -0.4 is 5.73 Å². The molecule has 0 fully saturated rings. The van der Waals surface area contributed by atoms with E-state index < -0.39 is 0 Å². The molecule has 0 unspecified atom stereocenters. The summed E-state index contributed by atoms with van der Waals surface area (Å²) in [5.74, 6) is 0.202. The summed E-state index contributed by atoms with van der Waals surface area (Å²) in [5, 5.41) is 1.92. The zero-order chi connectivity index (χ0) is 10.8. The molecule has 0 aromatic carbocycles. The summed E-state index contributed by atoms with van der Waals surface area (Å²) in [6, 6.07) is 1.94. The average molecular weight is 211 g/mol. The highest BCUT2D eigenvalue weighted by molar-refractivity contribution is 7.10. The molecule has 0 aliphatic carbocycles. The van der Waals surface area contributed by atoms with Gasteiger partial charge in [-0.15, -0.1) is 11.3 Å². The Hall–Kier alpha value is -0.670. The van der Waals surface area contributed by atoms with Gasteiger partial charge in [-0.1, -0.05) is 0 Å². The second-order valence-corrected chi connectivity index (χ2v) is 5.47. The van der Waals surface area contributed by atoms with E-state index in [0.717, 1.165) is 12.0 Å². The summed E-state index contributed by atoms with van der Waals surface area (Å²) in [7, 11) is 0. The van der Waals surface area contributed by atoms with E-state index in [1.807, 2.05) is 32.2 Å². The number of carbonyl (C=O) groups excluding carboxylic acids is 1. The molecule has 2 N–H and O–H groups in total. The fourth-order valence-electron chi connectivity index (χ4n) is 1.17. The van der Waals surface area contributed by atoms with E-state index in [9.17, 15) is 4.79 Å². The molecule has 1 aromatic rings. The number of Topliss-reactive ketones (excluding diaryl/α,β-unsaturated/α-hetero) is 1. The van der Waals surface area contributed by atoms with Gasteiger partial charge in [0.1, 0.15) is 0 Å². The minimum Gasteiger partial charge on any atom is -0.326 e. The molecule has 78 valence electrons. The van der Waals surface area contributed by atoms with Crippen molar-refractivity contribution in [3.05, 3.63) is 21.9 Å². The molecular weight excluding hydrogens is 194 g/mol. The first kappa shape index (κ1) is 11.4. The number of aryl methyl sites for hydroxylation is 1. The minimum atomic E-state index is -0.249. The van der Waals surface area contributed by atoms with Crippen LogP contribution >= 0.6 is 11.3 Å². The molecule has 0 spiro atoms. The molecule has 2 nitrogen and oxygen atoms in total. The second-order valence-electron chi connectivity index (χ2n) is 4.36. The molecule has 0 amide bonds. The number of ketones is 1. The van der Waals surface area contributed by atoms with Crippen molar-refractivity contribution in [1.29, 1.82) is 0 Å². The highest BCUT2D eigenvalue weighted by atomic mass is 32.1. The van der Waals surface area contributed by atoms with Gasteiger partial charge in [0.05, 0.1) is 0 Å². The fraction of sp³-hybridized carbons (Fsp3) is 0.545. The van der Waals surface area contributed by atoms with Crippen molar-refractivity contribution in [1.82, 2.24) is 0 Å². The van der Waals surface area contributed by atoms with Gasteiger partial charge < -0.3 is 5.73 Å². The van der Waals surface area contributed by atoms with E-state index >= 15 is 0 Å². The van der Waals surface area contributed by atoms with Gasteiger partial charge >= 0.3 is 0 Å². The van der Waals surface area contributed by atoms with Gasteiger partial charge in [0, 0.05) is 27.8 Å². The van der Waals surface area contributed by atoms with Gasteiger partial charge in [-0.05, 0) is 33.3 Å². The van der Waals surface area contributed by atoms with Crippen molar-refractivity contribution in [3.63, 3.8) is 0 Å². The predicted octanol–water partition coefficient (Wildman–Crippen LogP) is 2.76. The fourth-order valence-corrected chi connectivity index (χ4v) is 1.88.